The molecule has 2 aliphatic rings. The Morgan fingerprint density at radius 3 is 1.82 bits per heavy atom. The maximum atomic E-state index is 13.6. The van der Waals surface area contributed by atoms with Crippen molar-refractivity contribution in [2.45, 2.75) is 77.4 Å². The normalized spacial score (nSPS) is 19.7. The summed E-state index contributed by atoms with van der Waals surface area (Å²) in [6.45, 7) is 4.73. The molecule has 0 radical (unpaired) electrons. The number of amides is 2. The molecule has 0 aliphatic carbocycles. The second-order valence-corrected chi connectivity index (χ2v) is 10.7. The third-order valence-corrected chi connectivity index (χ3v) is 7.25. The van der Waals surface area contributed by atoms with Crippen LogP contribution in [-0.2, 0) is 71.6 Å². The predicted octanol–water partition coefficient (Wildman–Crippen LogP) is -1.42. The molecular formula is C26H32N2O16S. The van der Waals surface area contributed by atoms with E-state index in [1.165, 1.54) is 0 Å². The van der Waals surface area contributed by atoms with Crippen LogP contribution < -0.4 is 5.32 Å². The Hall–Kier alpha value is -4.68. The summed E-state index contributed by atoms with van der Waals surface area (Å²) in [7, 11) is 0. The van der Waals surface area contributed by atoms with Gasteiger partial charge in [0.05, 0.1) is 0 Å². The lowest BCUT2D eigenvalue weighted by atomic mass is 9.99. The second-order valence-electron chi connectivity index (χ2n) is 9.56. The van der Waals surface area contributed by atoms with Gasteiger partial charge in [-0.2, -0.15) is 0 Å². The highest BCUT2D eigenvalue weighted by Gasteiger charge is 2.56. The van der Waals surface area contributed by atoms with Crippen molar-refractivity contribution >= 4 is 65.4 Å². The average molecular weight is 661 g/mol. The molecule has 19 heteroatoms. The van der Waals surface area contributed by atoms with Crippen molar-refractivity contribution in [3.63, 3.8) is 0 Å². The van der Waals surface area contributed by atoms with Gasteiger partial charge >= 0.3 is 41.8 Å². The summed E-state index contributed by atoms with van der Waals surface area (Å²) in [6.07, 6.45) is -7.74. The summed E-state index contributed by atoms with van der Waals surface area (Å²) in [4.78, 5) is 110. The zero-order valence-corrected chi connectivity index (χ0v) is 25.8. The molecule has 1 saturated heterocycles. The van der Waals surface area contributed by atoms with Crippen molar-refractivity contribution in [2.75, 3.05) is 19.0 Å². The molecule has 0 unspecified atom stereocenters. The summed E-state index contributed by atoms with van der Waals surface area (Å²) < 4.78 is 30.5. The van der Waals surface area contributed by atoms with Crippen molar-refractivity contribution in [3.8, 4) is 0 Å². The van der Waals surface area contributed by atoms with E-state index in [0.717, 1.165) is 58.2 Å². The summed E-state index contributed by atoms with van der Waals surface area (Å²) in [5.74, 6) is -9.25. The Morgan fingerprint density at radius 2 is 1.33 bits per heavy atom. The summed E-state index contributed by atoms with van der Waals surface area (Å²) >= 11 is 1.04. The van der Waals surface area contributed by atoms with Crippen molar-refractivity contribution in [2.24, 2.45) is 0 Å². The monoisotopic (exact) mass is 660 g/mol. The van der Waals surface area contributed by atoms with Gasteiger partial charge in [0.25, 0.3) is 11.8 Å². The minimum atomic E-state index is -2.14. The second kappa shape index (κ2) is 15.9. The number of carboxylic acids is 1. The van der Waals surface area contributed by atoms with Crippen molar-refractivity contribution in [1.82, 2.24) is 10.2 Å². The highest BCUT2D eigenvalue weighted by Crippen LogP contribution is 2.40. The maximum absolute atomic E-state index is 13.6. The summed E-state index contributed by atoms with van der Waals surface area (Å²) in [5.41, 5.74) is -0.298. The molecule has 2 N–H and O–H groups in total. The molecule has 2 amide bonds. The minimum Gasteiger partial charge on any atom is -0.477 e. The molecule has 2 aliphatic heterocycles. The Labute approximate surface area is 260 Å². The van der Waals surface area contributed by atoms with Crippen LogP contribution in [0.15, 0.2) is 11.3 Å². The molecule has 0 spiro atoms. The molecule has 0 aromatic rings. The number of aliphatic carboxylic acids is 1. The lowest BCUT2D eigenvalue weighted by molar-refractivity contribution is -0.203. The van der Waals surface area contributed by atoms with Crippen LogP contribution in [-0.4, -0.2) is 118 Å². The van der Waals surface area contributed by atoms with Crippen molar-refractivity contribution in [3.05, 3.63) is 11.3 Å². The number of ether oxygens (including phenoxy) is 6. The summed E-state index contributed by atoms with van der Waals surface area (Å²) in [5, 5.41) is 11.1. The van der Waals surface area contributed by atoms with Gasteiger partial charge < -0.3 is 38.8 Å². The average Bonchev–Trinajstić information content (AvgIpc) is 2.91. The van der Waals surface area contributed by atoms with Gasteiger partial charge in [-0.25, -0.2) is 4.79 Å². The van der Waals surface area contributed by atoms with Crippen LogP contribution in [0.5, 0.6) is 0 Å². The first-order chi connectivity index (χ1) is 20.9. The van der Waals surface area contributed by atoms with Crippen LogP contribution in [0.3, 0.4) is 0 Å². The van der Waals surface area contributed by atoms with Crippen LogP contribution in [0, 0.1) is 0 Å². The Morgan fingerprint density at radius 1 is 0.800 bits per heavy atom. The number of fused-ring (bicyclic) bond motifs is 1. The molecule has 0 saturated carbocycles. The van der Waals surface area contributed by atoms with Crippen molar-refractivity contribution < 1.29 is 76.7 Å². The number of rotatable bonds is 14. The fourth-order valence-electron chi connectivity index (χ4n) is 4.31. The molecule has 45 heavy (non-hydrogen) atoms. The number of carbonyl (C=O) groups excluding carboxylic acids is 8. The standard InChI is InChI=1S/C26H32N2O16S/c1-10(29)39-7-16-9-45-25-18(24(36)28(25)19(16)26(37)38)27-23(35)22(44-15(6)34)21(43-14(5)33)20(42-13(4)32)17(41-12(3)31)8-40-11(2)30/h17-18,20-22,25H,7-9H2,1-6H3,(H,27,35)(H,37,38)/t17-,18+,20+,21+,22-,25-/m0/s1. The first-order valence-corrected chi connectivity index (χ1v) is 14.1. The highest BCUT2D eigenvalue weighted by atomic mass is 32.2. The molecule has 2 rings (SSSR count). The third-order valence-electron chi connectivity index (χ3n) is 5.91. The topological polar surface area (TPSA) is 245 Å². The lowest BCUT2D eigenvalue weighted by Crippen LogP contribution is -2.72. The van der Waals surface area contributed by atoms with Gasteiger partial charge in [0.2, 0.25) is 6.10 Å². The minimum absolute atomic E-state index is 0.00785. The van der Waals surface area contributed by atoms with E-state index in [1.807, 2.05) is 0 Å². The van der Waals surface area contributed by atoms with Crippen LogP contribution in [0.4, 0.5) is 0 Å². The van der Waals surface area contributed by atoms with E-state index in [2.05, 4.69) is 5.32 Å². The molecule has 248 valence electrons. The van der Waals surface area contributed by atoms with E-state index in [0.29, 0.717) is 0 Å². The number of esters is 6. The highest BCUT2D eigenvalue weighted by molar-refractivity contribution is 8.00. The van der Waals surface area contributed by atoms with E-state index in [1.54, 1.807) is 0 Å². The molecule has 6 atom stereocenters. The van der Waals surface area contributed by atoms with E-state index in [4.69, 9.17) is 28.4 Å². The number of nitrogens with zero attached hydrogens (tertiary/aromatic N) is 1. The van der Waals surface area contributed by atoms with E-state index >= 15 is 0 Å². The van der Waals surface area contributed by atoms with Crippen molar-refractivity contribution in [1.29, 1.82) is 0 Å². The van der Waals surface area contributed by atoms with Gasteiger partial charge in [0, 0.05) is 52.9 Å². The van der Waals surface area contributed by atoms with Gasteiger partial charge in [-0.05, 0) is 0 Å². The van der Waals surface area contributed by atoms with E-state index in [-0.39, 0.29) is 17.9 Å². The zero-order chi connectivity index (χ0) is 34.2. The van der Waals surface area contributed by atoms with Crippen LogP contribution >= 0.6 is 11.8 Å². The van der Waals surface area contributed by atoms with E-state index in [9.17, 15) is 48.3 Å². The van der Waals surface area contributed by atoms with Crippen LogP contribution in [0.2, 0.25) is 0 Å². The molecule has 18 nitrogen and oxygen atoms in total. The number of carbonyl (C=O) groups is 9. The molecule has 0 aromatic carbocycles. The predicted molar refractivity (Wildman–Crippen MR) is 145 cm³/mol. The number of hydrogen-bond acceptors (Lipinski definition) is 16. The molecule has 1 fully saturated rings. The number of β-lactam (4-membered cyclic amide) rings is 1. The van der Waals surface area contributed by atoms with Gasteiger partial charge in [-0.1, -0.05) is 0 Å². The Kier molecular flexibility index (Phi) is 12.9. The zero-order valence-electron chi connectivity index (χ0n) is 25.0. The Bertz CT molecular complexity index is 1300. The van der Waals surface area contributed by atoms with Gasteiger partial charge in [-0.15, -0.1) is 11.8 Å². The summed E-state index contributed by atoms with van der Waals surface area (Å²) in [6, 6.07) is -1.37. The SMILES string of the molecule is CC(=O)OCC1=C(C(=O)O)N2C(=O)[C@@H](NC(=O)[C@@H](OC(C)=O)[C@H](OC(C)=O)[C@H](OC(C)=O)[C@H](COC(C)=O)OC(C)=O)[C@@H]2SC1. The van der Waals surface area contributed by atoms with Crippen LogP contribution in [0.1, 0.15) is 41.5 Å². The smallest absolute Gasteiger partial charge is 0.352 e. The Balaban J connectivity index is 2.47. The number of carboxylic acid groups (broad SMARTS) is 1. The first kappa shape index (κ1) is 36.5. The molecule has 2 heterocycles. The number of nitrogens with one attached hydrogen (secondary N) is 1. The fraction of sp³-hybridized carbons (Fsp3) is 0.577. The van der Waals surface area contributed by atoms with Gasteiger partial charge in [-0.3, -0.25) is 43.3 Å². The molecule has 0 aromatic heterocycles. The molecule has 0 bridgehead atoms. The third kappa shape index (κ3) is 9.91. The van der Waals surface area contributed by atoms with Crippen LogP contribution in [0.25, 0.3) is 0 Å². The largest absolute Gasteiger partial charge is 0.477 e. The maximum Gasteiger partial charge on any atom is 0.352 e. The van der Waals surface area contributed by atoms with Gasteiger partial charge in [0.1, 0.15) is 30.3 Å². The first-order valence-electron chi connectivity index (χ1n) is 13.1. The quantitative estimate of drug-likeness (QED) is 0.123. The van der Waals surface area contributed by atoms with E-state index < -0.39 is 102 Å². The fourth-order valence-corrected chi connectivity index (χ4v) is 5.64. The number of thioether (sulfide) groups is 1. The number of hydrogen-bond donors (Lipinski definition) is 2. The molecular weight excluding hydrogens is 628 g/mol. The lowest BCUT2D eigenvalue weighted by Gasteiger charge is -2.49. The van der Waals surface area contributed by atoms with Gasteiger partial charge in [0.15, 0.2) is 18.3 Å².